The first kappa shape index (κ1) is 23.6. The van der Waals surface area contributed by atoms with Gasteiger partial charge in [0.15, 0.2) is 5.96 Å². The first-order valence-corrected chi connectivity index (χ1v) is 9.25. The Morgan fingerprint density at radius 1 is 1.37 bits per heavy atom. The number of benzene rings is 1. The number of hydrogen-bond acceptors (Lipinski definition) is 4. The van der Waals surface area contributed by atoms with Crippen LogP contribution in [0.25, 0.3) is 0 Å². The van der Waals surface area contributed by atoms with Crippen LogP contribution in [0.1, 0.15) is 32.3 Å². The number of carbonyl (C=O) groups is 1. The van der Waals surface area contributed by atoms with Crippen molar-refractivity contribution in [1.82, 2.24) is 10.6 Å². The Morgan fingerprint density at radius 2 is 2.22 bits per heavy atom. The molecule has 0 radical (unpaired) electrons. The summed E-state index contributed by atoms with van der Waals surface area (Å²) in [7, 11) is 0. The third kappa shape index (κ3) is 9.92. The summed E-state index contributed by atoms with van der Waals surface area (Å²) in [4.78, 5) is 15.8. The smallest absolute Gasteiger partial charge is 0.221 e. The molecule has 1 saturated heterocycles. The van der Waals surface area contributed by atoms with Crippen molar-refractivity contribution in [3.8, 4) is 0 Å². The SMILES string of the molecule is CCNC(=NCc1cccc(NC(C)=O)c1)NCCCOC1CCOC1.I. The average molecular weight is 490 g/mol. The lowest BCUT2D eigenvalue weighted by atomic mass is 10.2. The molecule has 0 aliphatic carbocycles. The molecule has 1 aliphatic rings. The monoisotopic (exact) mass is 490 g/mol. The molecule has 1 fully saturated rings. The highest BCUT2D eigenvalue weighted by atomic mass is 127. The van der Waals surface area contributed by atoms with Crippen LogP contribution in [0.15, 0.2) is 29.3 Å². The Bertz CT molecular complexity index is 592. The zero-order chi connectivity index (χ0) is 18.6. The van der Waals surface area contributed by atoms with Gasteiger partial charge in [0.25, 0.3) is 0 Å². The maximum absolute atomic E-state index is 11.2. The molecule has 8 heteroatoms. The molecule has 3 N–H and O–H groups in total. The Morgan fingerprint density at radius 3 is 2.93 bits per heavy atom. The minimum Gasteiger partial charge on any atom is -0.379 e. The molecule has 0 saturated carbocycles. The number of anilines is 1. The summed E-state index contributed by atoms with van der Waals surface area (Å²) in [5.41, 5.74) is 1.83. The molecule has 1 atom stereocenters. The van der Waals surface area contributed by atoms with E-state index in [-0.39, 0.29) is 36.0 Å². The van der Waals surface area contributed by atoms with E-state index in [9.17, 15) is 4.79 Å². The molecule has 1 heterocycles. The lowest BCUT2D eigenvalue weighted by molar-refractivity contribution is -0.114. The van der Waals surface area contributed by atoms with Gasteiger partial charge >= 0.3 is 0 Å². The van der Waals surface area contributed by atoms with Gasteiger partial charge in [0.1, 0.15) is 0 Å². The molecule has 1 amide bonds. The third-order valence-corrected chi connectivity index (χ3v) is 3.87. The van der Waals surface area contributed by atoms with E-state index in [0.29, 0.717) is 6.54 Å². The van der Waals surface area contributed by atoms with E-state index < -0.39 is 0 Å². The molecular weight excluding hydrogens is 459 g/mol. The number of guanidine groups is 1. The molecule has 152 valence electrons. The van der Waals surface area contributed by atoms with E-state index in [1.807, 2.05) is 31.2 Å². The Balaban J connectivity index is 0.00000364. The van der Waals surface area contributed by atoms with E-state index in [4.69, 9.17) is 9.47 Å². The molecule has 27 heavy (non-hydrogen) atoms. The zero-order valence-corrected chi connectivity index (χ0v) is 18.5. The minimum atomic E-state index is -0.0768. The lowest BCUT2D eigenvalue weighted by Gasteiger charge is -2.13. The number of hydrogen-bond donors (Lipinski definition) is 3. The largest absolute Gasteiger partial charge is 0.379 e. The fourth-order valence-electron chi connectivity index (χ4n) is 2.64. The van der Waals surface area contributed by atoms with E-state index >= 15 is 0 Å². The van der Waals surface area contributed by atoms with Crippen LogP contribution >= 0.6 is 24.0 Å². The highest BCUT2D eigenvalue weighted by Crippen LogP contribution is 2.11. The summed E-state index contributed by atoms with van der Waals surface area (Å²) in [6.45, 7) is 7.93. The number of rotatable bonds is 9. The van der Waals surface area contributed by atoms with Crippen molar-refractivity contribution in [2.24, 2.45) is 4.99 Å². The van der Waals surface area contributed by atoms with Crippen LogP contribution < -0.4 is 16.0 Å². The molecular formula is C19H31IN4O3. The van der Waals surface area contributed by atoms with Gasteiger partial charge in [-0.05, 0) is 37.5 Å². The first-order valence-electron chi connectivity index (χ1n) is 9.25. The van der Waals surface area contributed by atoms with E-state index in [2.05, 4.69) is 20.9 Å². The number of aliphatic imine (C=N–C) groups is 1. The van der Waals surface area contributed by atoms with Gasteiger partial charge in [-0.25, -0.2) is 4.99 Å². The first-order chi connectivity index (χ1) is 12.7. The Hall–Kier alpha value is -1.39. The molecule has 1 aromatic carbocycles. The average Bonchev–Trinajstić information content (AvgIpc) is 3.12. The normalized spacial score (nSPS) is 16.5. The number of amides is 1. The quantitative estimate of drug-likeness (QED) is 0.215. The Labute approximate surface area is 178 Å². The van der Waals surface area contributed by atoms with Crippen LogP contribution in [0.5, 0.6) is 0 Å². The predicted molar refractivity (Wildman–Crippen MR) is 119 cm³/mol. The Kier molecular flexibility index (Phi) is 12.0. The molecule has 1 aromatic rings. The number of ether oxygens (including phenoxy) is 2. The zero-order valence-electron chi connectivity index (χ0n) is 16.1. The number of halogens is 1. The van der Waals surface area contributed by atoms with Gasteiger partial charge < -0.3 is 25.4 Å². The van der Waals surface area contributed by atoms with Crippen molar-refractivity contribution in [2.75, 3.05) is 38.2 Å². The van der Waals surface area contributed by atoms with E-state index in [1.165, 1.54) is 6.92 Å². The molecule has 1 unspecified atom stereocenters. The van der Waals surface area contributed by atoms with Crippen LogP contribution in [0.2, 0.25) is 0 Å². The van der Waals surface area contributed by atoms with Crippen LogP contribution in [-0.2, 0) is 20.8 Å². The molecule has 1 aliphatic heterocycles. The van der Waals surface area contributed by atoms with Gasteiger partial charge in [-0.1, -0.05) is 12.1 Å². The highest BCUT2D eigenvalue weighted by molar-refractivity contribution is 14.0. The standard InChI is InChI=1S/C19H30N4O3.HI/c1-3-20-19(21-9-5-10-26-18-8-11-25-14-18)22-13-16-6-4-7-17(12-16)23-15(2)24;/h4,6-7,12,18H,3,5,8-11,13-14H2,1-2H3,(H,23,24)(H2,20,21,22);1H. The van der Waals surface area contributed by atoms with Crippen molar-refractivity contribution >= 4 is 41.5 Å². The second-order valence-corrected chi connectivity index (χ2v) is 6.21. The summed E-state index contributed by atoms with van der Waals surface area (Å²) >= 11 is 0. The van der Waals surface area contributed by atoms with Gasteiger partial charge in [-0.15, -0.1) is 24.0 Å². The third-order valence-electron chi connectivity index (χ3n) is 3.87. The summed E-state index contributed by atoms with van der Waals surface area (Å²) in [6.07, 6.45) is 2.17. The predicted octanol–water partition coefficient (Wildman–Crippen LogP) is 2.51. The maximum Gasteiger partial charge on any atom is 0.221 e. The maximum atomic E-state index is 11.2. The molecule has 2 rings (SSSR count). The van der Waals surface area contributed by atoms with Crippen molar-refractivity contribution in [1.29, 1.82) is 0 Å². The van der Waals surface area contributed by atoms with Crippen LogP contribution in [0.4, 0.5) is 5.69 Å². The van der Waals surface area contributed by atoms with Crippen molar-refractivity contribution in [3.05, 3.63) is 29.8 Å². The number of carbonyl (C=O) groups excluding carboxylic acids is 1. The van der Waals surface area contributed by atoms with E-state index in [1.54, 1.807) is 0 Å². The summed E-state index contributed by atoms with van der Waals surface area (Å²) < 4.78 is 11.1. The minimum absolute atomic E-state index is 0. The topological polar surface area (TPSA) is 84.0 Å². The summed E-state index contributed by atoms with van der Waals surface area (Å²) in [6, 6.07) is 7.72. The van der Waals surface area contributed by atoms with Crippen molar-refractivity contribution in [2.45, 2.75) is 39.3 Å². The number of nitrogens with zero attached hydrogens (tertiary/aromatic N) is 1. The molecule has 0 spiro atoms. The van der Waals surface area contributed by atoms with Crippen molar-refractivity contribution in [3.63, 3.8) is 0 Å². The molecule has 0 bridgehead atoms. The second-order valence-electron chi connectivity index (χ2n) is 6.21. The molecule has 0 aromatic heterocycles. The molecule has 7 nitrogen and oxygen atoms in total. The van der Waals surface area contributed by atoms with Crippen LogP contribution in [-0.4, -0.2) is 50.9 Å². The fourth-order valence-corrected chi connectivity index (χ4v) is 2.64. The highest BCUT2D eigenvalue weighted by Gasteiger charge is 2.15. The second kappa shape index (κ2) is 13.7. The number of nitrogens with one attached hydrogen (secondary N) is 3. The van der Waals surface area contributed by atoms with Gasteiger partial charge in [-0.2, -0.15) is 0 Å². The lowest BCUT2D eigenvalue weighted by Crippen LogP contribution is -2.38. The van der Waals surface area contributed by atoms with E-state index in [0.717, 1.165) is 63.0 Å². The van der Waals surface area contributed by atoms with Gasteiger partial charge in [0.2, 0.25) is 5.91 Å². The summed E-state index contributed by atoms with van der Waals surface area (Å²) in [5.74, 6) is 0.702. The summed E-state index contributed by atoms with van der Waals surface area (Å²) in [5, 5.41) is 9.35. The fraction of sp³-hybridized carbons (Fsp3) is 0.579. The van der Waals surface area contributed by atoms with Crippen LogP contribution in [0, 0.1) is 0 Å². The van der Waals surface area contributed by atoms with Gasteiger partial charge in [0.05, 0.1) is 19.3 Å². The van der Waals surface area contributed by atoms with Crippen LogP contribution in [0.3, 0.4) is 0 Å². The van der Waals surface area contributed by atoms with Crippen molar-refractivity contribution < 1.29 is 14.3 Å². The van der Waals surface area contributed by atoms with Gasteiger partial charge in [-0.3, -0.25) is 4.79 Å². The van der Waals surface area contributed by atoms with Gasteiger partial charge in [0, 0.05) is 38.9 Å².